The first-order valence-electron chi connectivity index (χ1n) is 7.64. The highest BCUT2D eigenvalue weighted by Crippen LogP contribution is 2.30. The Labute approximate surface area is 114 Å². The molecule has 0 aliphatic rings. The summed E-state index contributed by atoms with van der Waals surface area (Å²) in [5.41, 5.74) is 0. The van der Waals surface area contributed by atoms with Crippen molar-refractivity contribution < 1.29 is 0 Å². The zero-order valence-corrected chi connectivity index (χ0v) is 13.8. The van der Waals surface area contributed by atoms with Gasteiger partial charge in [-0.1, -0.05) is 41.5 Å². The molecular weight excluding hydrogens is 224 g/mol. The van der Waals surface area contributed by atoms with Crippen molar-refractivity contribution in [3.05, 3.63) is 0 Å². The van der Waals surface area contributed by atoms with Crippen molar-refractivity contribution in [2.75, 3.05) is 0 Å². The van der Waals surface area contributed by atoms with Gasteiger partial charge in [-0.15, -0.1) is 0 Å². The molecule has 0 spiro atoms. The quantitative estimate of drug-likeness (QED) is 0.453. The van der Waals surface area contributed by atoms with E-state index in [0.29, 0.717) is 0 Å². The van der Waals surface area contributed by atoms with Gasteiger partial charge in [0.15, 0.2) is 0 Å². The molecule has 2 unspecified atom stereocenters. The van der Waals surface area contributed by atoms with Crippen molar-refractivity contribution in [2.45, 2.75) is 90.6 Å². The maximum absolute atomic E-state index is 2.35. The van der Waals surface area contributed by atoms with Crippen LogP contribution in [0.15, 0.2) is 0 Å². The van der Waals surface area contributed by atoms with Gasteiger partial charge in [0.05, 0.1) is 0 Å². The molecule has 0 aliphatic heterocycles. The van der Waals surface area contributed by atoms with Crippen LogP contribution in [0.25, 0.3) is 0 Å². The van der Waals surface area contributed by atoms with Crippen molar-refractivity contribution in [3.63, 3.8) is 0 Å². The highest BCUT2D eigenvalue weighted by molar-refractivity contribution is 8.00. The molecule has 2 atom stereocenters. The van der Waals surface area contributed by atoms with Crippen LogP contribution in [0.3, 0.4) is 0 Å². The second kappa shape index (κ2) is 10.3. The van der Waals surface area contributed by atoms with Gasteiger partial charge in [-0.05, 0) is 50.4 Å². The van der Waals surface area contributed by atoms with Crippen LogP contribution in [0, 0.1) is 11.8 Å². The van der Waals surface area contributed by atoms with Crippen LogP contribution in [-0.4, -0.2) is 10.5 Å². The smallest absolute Gasteiger partial charge is 0.00473 e. The zero-order chi connectivity index (χ0) is 13.3. The predicted octanol–water partition coefficient (Wildman–Crippen LogP) is 6.15. The third-order valence-electron chi connectivity index (χ3n) is 3.43. The molecule has 0 fully saturated rings. The molecule has 0 aromatic rings. The highest BCUT2D eigenvalue weighted by atomic mass is 32.2. The fourth-order valence-corrected chi connectivity index (χ4v) is 3.52. The number of thioether (sulfide) groups is 1. The predicted molar refractivity (Wildman–Crippen MR) is 83.9 cm³/mol. The third kappa shape index (κ3) is 10.00. The third-order valence-corrected chi connectivity index (χ3v) is 5.34. The second-order valence-electron chi connectivity index (χ2n) is 6.14. The Kier molecular flexibility index (Phi) is 10.5. The number of hydrogen-bond acceptors (Lipinski definition) is 1. The Balaban J connectivity index is 3.94. The molecule has 1 heteroatoms. The lowest BCUT2D eigenvalue weighted by Gasteiger charge is -2.23. The fraction of sp³-hybridized carbons (Fsp3) is 1.00. The summed E-state index contributed by atoms with van der Waals surface area (Å²) in [6.07, 6.45) is 8.30. The molecule has 0 saturated carbocycles. The topological polar surface area (TPSA) is 0 Å². The van der Waals surface area contributed by atoms with Crippen LogP contribution in [0.5, 0.6) is 0 Å². The normalized spacial score (nSPS) is 15.5. The largest absolute Gasteiger partial charge is 0.155 e. The van der Waals surface area contributed by atoms with E-state index in [4.69, 9.17) is 0 Å². The summed E-state index contributed by atoms with van der Waals surface area (Å²) >= 11 is 2.27. The van der Waals surface area contributed by atoms with Crippen LogP contribution in [0.1, 0.15) is 80.1 Å². The summed E-state index contributed by atoms with van der Waals surface area (Å²) in [7, 11) is 0. The molecule has 0 N–H and O–H groups in total. The minimum atomic E-state index is 0.861. The molecule has 0 rings (SSSR count). The Hall–Kier alpha value is 0.350. The van der Waals surface area contributed by atoms with Crippen molar-refractivity contribution in [2.24, 2.45) is 11.8 Å². The van der Waals surface area contributed by atoms with E-state index < -0.39 is 0 Å². The van der Waals surface area contributed by atoms with Crippen molar-refractivity contribution >= 4 is 11.8 Å². The Morgan fingerprint density at radius 2 is 1.00 bits per heavy atom. The van der Waals surface area contributed by atoms with Gasteiger partial charge in [0.25, 0.3) is 0 Å². The SMILES string of the molecule is CCC(CCC(C)C)SC(CC)CCC(C)C. The van der Waals surface area contributed by atoms with E-state index in [1.165, 1.54) is 38.5 Å². The van der Waals surface area contributed by atoms with Crippen LogP contribution < -0.4 is 0 Å². The summed E-state index contributed by atoms with van der Waals surface area (Å²) in [5.74, 6) is 1.72. The summed E-state index contributed by atoms with van der Waals surface area (Å²) in [6, 6.07) is 0. The van der Waals surface area contributed by atoms with E-state index in [-0.39, 0.29) is 0 Å². The Morgan fingerprint density at radius 1 is 0.647 bits per heavy atom. The fourth-order valence-electron chi connectivity index (χ4n) is 2.05. The summed E-state index contributed by atoms with van der Waals surface area (Å²) in [4.78, 5) is 0. The van der Waals surface area contributed by atoms with Gasteiger partial charge >= 0.3 is 0 Å². The van der Waals surface area contributed by atoms with Crippen molar-refractivity contribution in [1.82, 2.24) is 0 Å². The minimum Gasteiger partial charge on any atom is -0.155 e. The van der Waals surface area contributed by atoms with Gasteiger partial charge in [0, 0.05) is 10.5 Å². The van der Waals surface area contributed by atoms with Gasteiger partial charge < -0.3 is 0 Å². The average molecular weight is 259 g/mol. The lowest BCUT2D eigenvalue weighted by atomic mass is 10.1. The van der Waals surface area contributed by atoms with Crippen molar-refractivity contribution in [3.8, 4) is 0 Å². The molecule has 17 heavy (non-hydrogen) atoms. The molecule has 0 heterocycles. The van der Waals surface area contributed by atoms with Crippen LogP contribution in [-0.2, 0) is 0 Å². The summed E-state index contributed by atoms with van der Waals surface area (Å²) in [6.45, 7) is 14.1. The molecule has 0 radical (unpaired) electrons. The maximum atomic E-state index is 2.35. The van der Waals surface area contributed by atoms with Gasteiger partial charge in [-0.25, -0.2) is 0 Å². The maximum Gasteiger partial charge on any atom is 0.00473 e. The zero-order valence-electron chi connectivity index (χ0n) is 13.0. The molecular formula is C16H34S. The molecule has 0 aromatic carbocycles. The summed E-state index contributed by atoms with van der Waals surface area (Å²) < 4.78 is 0. The molecule has 0 nitrogen and oxygen atoms in total. The first kappa shape index (κ1) is 17.4. The number of rotatable bonds is 10. The van der Waals surface area contributed by atoms with Crippen molar-refractivity contribution in [1.29, 1.82) is 0 Å². The van der Waals surface area contributed by atoms with Crippen LogP contribution in [0.4, 0.5) is 0 Å². The van der Waals surface area contributed by atoms with E-state index >= 15 is 0 Å². The standard InChI is InChI=1S/C16H34S/c1-7-15(11-9-13(3)4)17-16(8-2)12-10-14(5)6/h13-16H,7-12H2,1-6H3. The van der Waals surface area contributed by atoms with E-state index in [1.54, 1.807) is 0 Å². The van der Waals surface area contributed by atoms with E-state index in [2.05, 4.69) is 53.3 Å². The Morgan fingerprint density at radius 3 is 1.24 bits per heavy atom. The van der Waals surface area contributed by atoms with Crippen LogP contribution in [0.2, 0.25) is 0 Å². The average Bonchev–Trinajstić information content (AvgIpc) is 2.27. The Bertz CT molecular complexity index is 145. The monoisotopic (exact) mass is 258 g/mol. The molecule has 104 valence electrons. The van der Waals surface area contributed by atoms with E-state index in [9.17, 15) is 0 Å². The summed E-state index contributed by atoms with van der Waals surface area (Å²) in [5, 5.41) is 1.80. The first-order chi connectivity index (χ1) is 7.99. The molecule has 0 amide bonds. The van der Waals surface area contributed by atoms with E-state index in [0.717, 1.165) is 22.3 Å². The highest BCUT2D eigenvalue weighted by Gasteiger charge is 2.15. The van der Waals surface area contributed by atoms with Gasteiger partial charge in [0.2, 0.25) is 0 Å². The number of hydrogen-bond donors (Lipinski definition) is 0. The van der Waals surface area contributed by atoms with E-state index in [1.807, 2.05) is 0 Å². The second-order valence-corrected chi connectivity index (χ2v) is 7.74. The molecule has 0 saturated heterocycles. The van der Waals surface area contributed by atoms with Gasteiger partial charge in [0.1, 0.15) is 0 Å². The minimum absolute atomic E-state index is 0.861. The van der Waals surface area contributed by atoms with Crippen LogP contribution >= 0.6 is 11.8 Å². The molecule has 0 aliphatic carbocycles. The van der Waals surface area contributed by atoms with Gasteiger partial charge in [-0.3, -0.25) is 0 Å². The lowest BCUT2D eigenvalue weighted by molar-refractivity contribution is 0.529. The lowest BCUT2D eigenvalue weighted by Crippen LogP contribution is -2.11. The molecule has 0 bridgehead atoms. The first-order valence-corrected chi connectivity index (χ1v) is 8.59. The molecule has 0 aromatic heterocycles. The van der Waals surface area contributed by atoms with Gasteiger partial charge in [-0.2, -0.15) is 11.8 Å².